The largest absolute Gasteiger partial charge is 0.393 e. The molecular formula is C25H32FN3O4S. The number of hydrogen-bond acceptors (Lipinski definition) is 5. The maximum atomic E-state index is 15.3. The molecule has 0 radical (unpaired) electrons. The Morgan fingerprint density at radius 3 is 2.56 bits per heavy atom. The molecule has 4 N–H and O–H groups in total. The highest BCUT2D eigenvalue weighted by atomic mass is 32.2. The average molecular weight is 490 g/mol. The van der Waals surface area contributed by atoms with Crippen molar-refractivity contribution in [1.29, 1.82) is 0 Å². The van der Waals surface area contributed by atoms with Crippen LogP contribution in [0.25, 0.3) is 5.69 Å². The maximum Gasteiger partial charge on any atom is 0.253 e. The second-order valence-corrected chi connectivity index (χ2v) is 12.8. The molecule has 5 rings (SSSR count). The van der Waals surface area contributed by atoms with E-state index in [4.69, 9.17) is 5.73 Å². The van der Waals surface area contributed by atoms with Crippen molar-refractivity contribution in [1.82, 2.24) is 4.57 Å². The van der Waals surface area contributed by atoms with E-state index in [0.29, 0.717) is 60.5 Å². The molecule has 0 unspecified atom stereocenters. The van der Waals surface area contributed by atoms with Crippen LogP contribution < -0.4 is 11.1 Å². The Morgan fingerprint density at radius 1 is 1.18 bits per heavy atom. The molecule has 3 aliphatic rings. The Kier molecular flexibility index (Phi) is 5.55. The van der Waals surface area contributed by atoms with Crippen LogP contribution in [0.1, 0.15) is 73.3 Å². The molecular weight excluding hydrogens is 457 g/mol. The van der Waals surface area contributed by atoms with Crippen molar-refractivity contribution in [3.8, 4) is 5.69 Å². The molecule has 1 aliphatic heterocycles. The number of carbonyl (C=O) groups is 1. The number of amides is 1. The van der Waals surface area contributed by atoms with Gasteiger partial charge in [0.2, 0.25) is 0 Å². The van der Waals surface area contributed by atoms with Crippen LogP contribution in [0.5, 0.6) is 0 Å². The number of anilines is 1. The number of halogens is 1. The zero-order valence-corrected chi connectivity index (χ0v) is 20.5. The molecule has 7 nitrogen and oxygen atoms in total. The standard InChI is InChI=1S/C25H32FN3O4S/c1-25(2)12-21-23(34(32,33)13-25)17-4-3-5-20(17)29(21)15-10-18(26)22(24(27)31)19(11-15)28-14-6-8-16(30)9-7-14/h10-11,14,16,28,30H,3-9,12-13H2,1-2H3,(H2,27,31)/t14-,16-. The van der Waals surface area contributed by atoms with Crippen LogP contribution in [-0.2, 0) is 29.1 Å². The Balaban J connectivity index is 1.67. The van der Waals surface area contributed by atoms with Crippen molar-refractivity contribution in [2.24, 2.45) is 11.1 Å². The highest BCUT2D eigenvalue weighted by Crippen LogP contribution is 2.44. The van der Waals surface area contributed by atoms with E-state index in [0.717, 1.165) is 24.1 Å². The lowest BCUT2D eigenvalue weighted by atomic mass is 9.89. The molecule has 2 aliphatic carbocycles. The quantitative estimate of drug-likeness (QED) is 0.610. The maximum absolute atomic E-state index is 15.3. The van der Waals surface area contributed by atoms with Gasteiger partial charge in [0.05, 0.1) is 33.7 Å². The number of fused-ring (bicyclic) bond motifs is 3. The number of aromatic nitrogens is 1. The summed E-state index contributed by atoms with van der Waals surface area (Å²) in [5.41, 5.74) is 8.22. The van der Waals surface area contributed by atoms with Gasteiger partial charge in [-0.15, -0.1) is 0 Å². The monoisotopic (exact) mass is 489 g/mol. The first-order valence-corrected chi connectivity index (χ1v) is 13.7. The first kappa shape index (κ1) is 23.4. The van der Waals surface area contributed by atoms with Gasteiger partial charge in [0, 0.05) is 17.4 Å². The molecule has 2 aromatic rings. The van der Waals surface area contributed by atoms with Crippen LogP contribution in [-0.4, -0.2) is 41.9 Å². The summed E-state index contributed by atoms with van der Waals surface area (Å²) in [6.45, 7) is 3.88. The predicted octanol–water partition coefficient (Wildman–Crippen LogP) is 3.28. The lowest BCUT2D eigenvalue weighted by molar-refractivity contribution is 0.0996. The van der Waals surface area contributed by atoms with Gasteiger partial charge >= 0.3 is 0 Å². The number of rotatable bonds is 4. The molecule has 1 fully saturated rings. The van der Waals surface area contributed by atoms with Crippen LogP contribution in [0.4, 0.5) is 10.1 Å². The molecule has 1 saturated carbocycles. The molecule has 34 heavy (non-hydrogen) atoms. The fraction of sp³-hybridized carbons (Fsp3) is 0.560. The van der Waals surface area contributed by atoms with E-state index in [2.05, 4.69) is 5.32 Å². The number of aliphatic hydroxyl groups excluding tert-OH is 1. The third kappa shape index (κ3) is 3.92. The van der Waals surface area contributed by atoms with Crippen molar-refractivity contribution in [2.75, 3.05) is 11.1 Å². The molecule has 0 saturated heterocycles. The zero-order chi connectivity index (χ0) is 24.4. The van der Waals surface area contributed by atoms with Crippen molar-refractivity contribution < 1.29 is 22.7 Å². The number of nitrogens with zero attached hydrogens (tertiary/aromatic N) is 1. The number of primary amides is 1. The minimum atomic E-state index is -3.46. The predicted molar refractivity (Wildman–Crippen MR) is 128 cm³/mol. The van der Waals surface area contributed by atoms with Crippen molar-refractivity contribution in [3.63, 3.8) is 0 Å². The Hall–Kier alpha value is -2.39. The average Bonchev–Trinajstić information content (AvgIpc) is 3.27. The van der Waals surface area contributed by atoms with Crippen LogP contribution in [0, 0.1) is 11.2 Å². The first-order chi connectivity index (χ1) is 16.0. The van der Waals surface area contributed by atoms with Crippen LogP contribution in [0.3, 0.4) is 0 Å². The molecule has 0 spiro atoms. The SMILES string of the molecule is CC1(C)Cc2c(c3c(n2-c2cc(F)c(C(N)=O)c(N[C@H]4CC[C@H](O)CC4)c2)CCC3)S(=O)(=O)C1. The molecule has 0 bridgehead atoms. The van der Waals surface area contributed by atoms with Crippen molar-refractivity contribution >= 4 is 21.4 Å². The smallest absolute Gasteiger partial charge is 0.253 e. The summed E-state index contributed by atoms with van der Waals surface area (Å²) in [5, 5.41) is 13.1. The lowest BCUT2D eigenvalue weighted by Crippen LogP contribution is -2.33. The van der Waals surface area contributed by atoms with E-state index >= 15 is 4.39 Å². The van der Waals surface area contributed by atoms with Crippen molar-refractivity contribution in [3.05, 3.63) is 40.5 Å². The molecule has 1 amide bonds. The van der Waals surface area contributed by atoms with E-state index in [9.17, 15) is 18.3 Å². The number of benzene rings is 1. The van der Waals surface area contributed by atoms with Gasteiger partial charge < -0.3 is 20.7 Å². The number of carbonyl (C=O) groups excluding carboxylic acids is 1. The fourth-order valence-corrected chi connectivity index (χ4v) is 8.51. The Labute approximate surface area is 199 Å². The van der Waals surface area contributed by atoms with E-state index < -0.39 is 27.0 Å². The van der Waals surface area contributed by atoms with Crippen LogP contribution >= 0.6 is 0 Å². The molecule has 1 aromatic carbocycles. The first-order valence-electron chi connectivity index (χ1n) is 12.0. The van der Waals surface area contributed by atoms with Gasteiger partial charge in [-0.1, -0.05) is 13.8 Å². The number of nitrogens with two attached hydrogens (primary N) is 1. The van der Waals surface area contributed by atoms with E-state index in [-0.39, 0.29) is 23.5 Å². The van der Waals surface area contributed by atoms with Crippen molar-refractivity contribution in [2.45, 2.75) is 82.3 Å². The van der Waals surface area contributed by atoms with E-state index in [1.165, 1.54) is 6.07 Å². The van der Waals surface area contributed by atoms with E-state index in [1.807, 2.05) is 18.4 Å². The second kappa shape index (κ2) is 8.09. The summed E-state index contributed by atoms with van der Waals surface area (Å²) >= 11 is 0. The number of sulfone groups is 1. The second-order valence-electron chi connectivity index (χ2n) is 10.9. The molecule has 9 heteroatoms. The summed E-state index contributed by atoms with van der Waals surface area (Å²) in [4.78, 5) is 12.6. The third-order valence-corrected chi connectivity index (χ3v) is 9.70. The summed E-state index contributed by atoms with van der Waals surface area (Å²) in [6.07, 6.45) is 5.18. The lowest BCUT2D eigenvalue weighted by Gasteiger charge is -2.31. The van der Waals surface area contributed by atoms with Crippen LogP contribution in [0.2, 0.25) is 0 Å². The minimum Gasteiger partial charge on any atom is -0.393 e. The molecule has 184 valence electrons. The fourth-order valence-electron chi connectivity index (χ4n) is 6.11. The van der Waals surface area contributed by atoms with Gasteiger partial charge in [-0.25, -0.2) is 12.8 Å². The number of nitrogens with one attached hydrogen (secondary N) is 1. The van der Waals surface area contributed by atoms with Gasteiger partial charge in [0.15, 0.2) is 9.84 Å². The van der Waals surface area contributed by atoms with Crippen LogP contribution in [0.15, 0.2) is 17.0 Å². The Bertz CT molecular complexity index is 1270. The zero-order valence-electron chi connectivity index (χ0n) is 19.7. The molecule has 2 heterocycles. The molecule has 0 atom stereocenters. The summed E-state index contributed by atoms with van der Waals surface area (Å²) < 4.78 is 43.8. The summed E-state index contributed by atoms with van der Waals surface area (Å²) in [6, 6.07) is 3.00. The van der Waals surface area contributed by atoms with Gasteiger partial charge in [-0.3, -0.25) is 4.79 Å². The summed E-state index contributed by atoms with van der Waals surface area (Å²) in [5.74, 6) is -1.49. The van der Waals surface area contributed by atoms with Gasteiger partial charge in [0.25, 0.3) is 5.91 Å². The highest BCUT2D eigenvalue weighted by Gasteiger charge is 2.42. The molecule has 1 aromatic heterocycles. The topological polar surface area (TPSA) is 114 Å². The number of aliphatic hydroxyl groups is 1. The Morgan fingerprint density at radius 2 is 1.88 bits per heavy atom. The normalized spacial score (nSPS) is 24.9. The minimum absolute atomic E-state index is 0.0141. The van der Waals surface area contributed by atoms with Gasteiger partial charge in [0.1, 0.15) is 5.82 Å². The third-order valence-electron chi connectivity index (χ3n) is 7.44. The highest BCUT2D eigenvalue weighted by molar-refractivity contribution is 7.91. The van der Waals surface area contributed by atoms with Gasteiger partial charge in [-0.05, 0) is 74.5 Å². The number of hydrogen-bond donors (Lipinski definition) is 3. The van der Waals surface area contributed by atoms with Gasteiger partial charge in [-0.2, -0.15) is 0 Å². The summed E-state index contributed by atoms with van der Waals surface area (Å²) in [7, 11) is -3.46. The van der Waals surface area contributed by atoms with E-state index in [1.54, 1.807) is 6.07 Å².